The Morgan fingerprint density at radius 1 is 1.17 bits per heavy atom. The van der Waals surface area contributed by atoms with E-state index in [1.165, 1.54) is 9.75 Å². The molecule has 0 spiro atoms. The molecule has 0 bridgehead atoms. The molecule has 3 aromatic rings. The summed E-state index contributed by atoms with van der Waals surface area (Å²) >= 11 is 1.79. The van der Waals surface area contributed by atoms with Crippen molar-refractivity contribution in [2.24, 2.45) is 0 Å². The molecule has 0 radical (unpaired) electrons. The summed E-state index contributed by atoms with van der Waals surface area (Å²) in [5.74, 6) is 0.0947. The van der Waals surface area contributed by atoms with Gasteiger partial charge in [-0.05, 0) is 30.3 Å². The summed E-state index contributed by atoms with van der Waals surface area (Å²) in [6.45, 7) is 4.30. The zero-order valence-corrected chi connectivity index (χ0v) is 14.1. The number of hydrogen-bond donors (Lipinski definition) is 2. The van der Waals surface area contributed by atoms with Crippen LogP contribution in [0.1, 0.15) is 15.4 Å². The van der Waals surface area contributed by atoms with E-state index in [-0.39, 0.29) is 5.91 Å². The minimum Gasteiger partial charge on any atom is -0.357 e. The first-order valence-electron chi connectivity index (χ1n) is 8.03. The summed E-state index contributed by atoms with van der Waals surface area (Å²) in [6.07, 6.45) is 3.56. The predicted molar refractivity (Wildman–Crippen MR) is 93.9 cm³/mol. The molecule has 0 aromatic carbocycles. The zero-order valence-electron chi connectivity index (χ0n) is 13.2. The van der Waals surface area contributed by atoms with Gasteiger partial charge in [0.25, 0.3) is 5.91 Å². The number of amides is 1. The van der Waals surface area contributed by atoms with E-state index in [9.17, 15) is 4.79 Å². The maximum absolute atomic E-state index is 12.3. The van der Waals surface area contributed by atoms with Crippen molar-refractivity contribution in [3.63, 3.8) is 0 Å². The number of nitrogens with zero attached hydrogens (tertiary/aromatic N) is 3. The molecule has 1 amide bonds. The van der Waals surface area contributed by atoms with Gasteiger partial charge in [0.15, 0.2) is 0 Å². The second-order valence-corrected chi connectivity index (χ2v) is 7.06. The van der Waals surface area contributed by atoms with Gasteiger partial charge < -0.3 is 9.88 Å². The summed E-state index contributed by atoms with van der Waals surface area (Å²) in [4.78, 5) is 22.2. The molecular formula is C17H19N5OS. The summed E-state index contributed by atoms with van der Waals surface area (Å²) in [5, 5.41) is 7.00. The Morgan fingerprint density at radius 2 is 2.04 bits per heavy atom. The van der Waals surface area contributed by atoms with Crippen molar-refractivity contribution >= 4 is 17.2 Å². The van der Waals surface area contributed by atoms with Crippen LogP contribution in [0, 0.1) is 0 Å². The Kier molecular flexibility index (Phi) is 4.18. The quantitative estimate of drug-likeness (QED) is 0.766. The first kappa shape index (κ1) is 15.2. The van der Waals surface area contributed by atoms with Crippen LogP contribution in [-0.2, 0) is 6.54 Å². The van der Waals surface area contributed by atoms with E-state index in [4.69, 9.17) is 0 Å². The third kappa shape index (κ3) is 3.13. The Morgan fingerprint density at radius 3 is 2.75 bits per heavy atom. The molecular weight excluding hydrogens is 322 g/mol. The second kappa shape index (κ2) is 6.62. The van der Waals surface area contributed by atoms with E-state index in [0.717, 1.165) is 38.4 Å². The molecule has 0 atom stereocenters. The molecule has 4 heterocycles. The highest BCUT2D eigenvalue weighted by molar-refractivity contribution is 7.15. The molecule has 124 valence electrons. The number of carbonyl (C=O) groups is 1. The lowest BCUT2D eigenvalue weighted by Crippen LogP contribution is -2.48. The monoisotopic (exact) mass is 341 g/mol. The highest BCUT2D eigenvalue weighted by atomic mass is 32.1. The molecule has 0 saturated carbocycles. The predicted octanol–water partition coefficient (Wildman–Crippen LogP) is 2.42. The lowest BCUT2D eigenvalue weighted by atomic mass is 10.2. The Hall–Kier alpha value is -2.38. The summed E-state index contributed by atoms with van der Waals surface area (Å²) in [5.41, 5.74) is 1.73. The van der Waals surface area contributed by atoms with E-state index >= 15 is 0 Å². The van der Waals surface area contributed by atoms with Crippen LogP contribution in [0.15, 0.2) is 42.7 Å². The molecule has 0 unspecified atom stereocenters. The van der Waals surface area contributed by atoms with Crippen LogP contribution < -0.4 is 0 Å². The third-order valence-electron chi connectivity index (χ3n) is 4.30. The molecule has 7 heteroatoms. The van der Waals surface area contributed by atoms with Gasteiger partial charge in [-0.25, -0.2) is 0 Å². The van der Waals surface area contributed by atoms with Crippen molar-refractivity contribution in [1.29, 1.82) is 0 Å². The lowest BCUT2D eigenvalue weighted by Gasteiger charge is -2.34. The van der Waals surface area contributed by atoms with E-state index in [2.05, 4.69) is 32.2 Å². The van der Waals surface area contributed by atoms with Crippen molar-refractivity contribution < 1.29 is 4.79 Å². The van der Waals surface area contributed by atoms with E-state index in [1.54, 1.807) is 23.7 Å². The minimum atomic E-state index is 0.0947. The van der Waals surface area contributed by atoms with Crippen LogP contribution in [0.5, 0.6) is 0 Å². The topological polar surface area (TPSA) is 68.0 Å². The summed E-state index contributed by atoms with van der Waals surface area (Å²) < 4.78 is 0. The molecule has 0 aliphatic carbocycles. The number of thiophene rings is 1. The van der Waals surface area contributed by atoms with Gasteiger partial charge in [0, 0.05) is 50.0 Å². The number of aromatic amines is 2. The lowest BCUT2D eigenvalue weighted by molar-refractivity contribution is 0.0624. The van der Waals surface area contributed by atoms with Gasteiger partial charge in [-0.3, -0.25) is 14.8 Å². The normalized spacial score (nSPS) is 15.8. The van der Waals surface area contributed by atoms with Crippen LogP contribution in [0.3, 0.4) is 0 Å². The summed E-state index contributed by atoms with van der Waals surface area (Å²) in [7, 11) is 0. The van der Waals surface area contributed by atoms with Gasteiger partial charge in [-0.2, -0.15) is 5.10 Å². The fourth-order valence-electron chi connectivity index (χ4n) is 2.96. The highest BCUT2D eigenvalue weighted by Gasteiger charge is 2.22. The van der Waals surface area contributed by atoms with E-state index in [1.807, 2.05) is 23.1 Å². The Labute approximate surface area is 144 Å². The molecule has 1 saturated heterocycles. The average Bonchev–Trinajstić information content (AvgIpc) is 3.36. The van der Waals surface area contributed by atoms with Crippen LogP contribution in [0.4, 0.5) is 0 Å². The van der Waals surface area contributed by atoms with Gasteiger partial charge in [0.05, 0.1) is 10.6 Å². The van der Waals surface area contributed by atoms with Crippen LogP contribution >= 0.6 is 11.3 Å². The fraction of sp³-hybridized carbons (Fsp3) is 0.294. The standard InChI is InChI=1S/C17H19N5OS/c23-17(15-2-1-6-18-15)22-10-8-21(9-11-22)12-13-3-4-16(24-13)14-5-7-19-20-14/h1-7,18H,8-12H2,(H,19,20). The molecule has 1 fully saturated rings. The molecule has 3 aromatic heterocycles. The third-order valence-corrected chi connectivity index (χ3v) is 5.40. The number of piperazine rings is 1. The highest BCUT2D eigenvalue weighted by Crippen LogP contribution is 2.27. The van der Waals surface area contributed by atoms with E-state index in [0.29, 0.717) is 5.69 Å². The minimum absolute atomic E-state index is 0.0947. The number of rotatable bonds is 4. The average molecular weight is 341 g/mol. The van der Waals surface area contributed by atoms with Gasteiger partial charge >= 0.3 is 0 Å². The maximum atomic E-state index is 12.3. The van der Waals surface area contributed by atoms with Crippen molar-refractivity contribution in [3.8, 4) is 10.6 Å². The van der Waals surface area contributed by atoms with Crippen molar-refractivity contribution in [1.82, 2.24) is 25.0 Å². The number of nitrogens with one attached hydrogen (secondary N) is 2. The van der Waals surface area contributed by atoms with Gasteiger partial charge in [-0.15, -0.1) is 11.3 Å². The van der Waals surface area contributed by atoms with Crippen molar-refractivity contribution in [2.45, 2.75) is 6.54 Å². The molecule has 6 nitrogen and oxygen atoms in total. The van der Waals surface area contributed by atoms with Crippen molar-refractivity contribution in [2.75, 3.05) is 26.2 Å². The second-order valence-electron chi connectivity index (χ2n) is 5.89. The number of H-pyrrole nitrogens is 2. The first-order valence-corrected chi connectivity index (χ1v) is 8.85. The van der Waals surface area contributed by atoms with E-state index < -0.39 is 0 Å². The van der Waals surface area contributed by atoms with Gasteiger partial charge in [0.2, 0.25) is 0 Å². The van der Waals surface area contributed by atoms with Crippen LogP contribution in [-0.4, -0.2) is 57.1 Å². The molecule has 2 N–H and O–H groups in total. The van der Waals surface area contributed by atoms with Crippen LogP contribution in [0.2, 0.25) is 0 Å². The zero-order chi connectivity index (χ0) is 16.4. The number of carbonyl (C=O) groups excluding carboxylic acids is 1. The molecule has 4 rings (SSSR count). The largest absolute Gasteiger partial charge is 0.357 e. The molecule has 1 aliphatic rings. The van der Waals surface area contributed by atoms with Gasteiger partial charge in [0.1, 0.15) is 5.69 Å². The van der Waals surface area contributed by atoms with Crippen LogP contribution in [0.25, 0.3) is 10.6 Å². The summed E-state index contributed by atoms with van der Waals surface area (Å²) in [6, 6.07) is 9.99. The van der Waals surface area contributed by atoms with Gasteiger partial charge in [-0.1, -0.05) is 0 Å². The SMILES string of the molecule is O=C(c1ccc[nH]1)N1CCN(Cc2ccc(-c3ccn[nH]3)s2)CC1. The maximum Gasteiger partial charge on any atom is 0.270 e. The number of aromatic nitrogens is 3. The smallest absolute Gasteiger partial charge is 0.270 e. The Bertz CT molecular complexity index is 785. The molecule has 1 aliphatic heterocycles. The number of hydrogen-bond acceptors (Lipinski definition) is 4. The van der Waals surface area contributed by atoms with Crippen molar-refractivity contribution in [3.05, 3.63) is 53.3 Å². The first-order chi connectivity index (χ1) is 11.8. The molecule has 24 heavy (non-hydrogen) atoms. The fourth-order valence-corrected chi connectivity index (χ4v) is 3.99. The Balaban J connectivity index is 1.33.